The summed E-state index contributed by atoms with van der Waals surface area (Å²) in [5.41, 5.74) is 6.10. The minimum absolute atomic E-state index is 0.554. The zero-order valence-corrected chi connectivity index (χ0v) is 7.14. The molecule has 2 atom stereocenters. The van der Waals surface area contributed by atoms with Crippen molar-refractivity contribution in [2.24, 2.45) is 5.73 Å². The third-order valence-electron chi connectivity index (χ3n) is 1.71. The van der Waals surface area contributed by atoms with Gasteiger partial charge in [-0.2, -0.15) is 0 Å². The van der Waals surface area contributed by atoms with Gasteiger partial charge in [0.05, 0.1) is 25.7 Å². The zero-order chi connectivity index (χ0) is 9.84. The monoisotopic (exact) mass is 185 g/mol. The van der Waals surface area contributed by atoms with E-state index in [1.54, 1.807) is 6.07 Å². The number of furan rings is 1. The molecule has 0 saturated carbocycles. The Kier molecular flexibility index (Phi) is 3.05. The highest BCUT2D eigenvalue weighted by atomic mass is 16.5. The summed E-state index contributed by atoms with van der Waals surface area (Å²) in [7, 11) is 1.19. The molecule has 0 saturated heterocycles. The van der Waals surface area contributed by atoms with Crippen molar-refractivity contribution in [2.75, 3.05) is 7.11 Å². The van der Waals surface area contributed by atoms with E-state index in [2.05, 4.69) is 4.74 Å². The lowest BCUT2D eigenvalue weighted by atomic mass is 10.1. The van der Waals surface area contributed by atoms with Crippen LogP contribution < -0.4 is 5.73 Å². The van der Waals surface area contributed by atoms with Gasteiger partial charge in [-0.1, -0.05) is 0 Å². The molecule has 13 heavy (non-hydrogen) atoms. The molecule has 0 amide bonds. The van der Waals surface area contributed by atoms with E-state index < -0.39 is 18.1 Å². The van der Waals surface area contributed by atoms with Crippen molar-refractivity contribution in [3.8, 4) is 0 Å². The molecule has 5 nitrogen and oxygen atoms in total. The van der Waals surface area contributed by atoms with Crippen molar-refractivity contribution in [1.82, 2.24) is 0 Å². The fourth-order valence-electron chi connectivity index (χ4n) is 0.914. The highest BCUT2D eigenvalue weighted by Crippen LogP contribution is 2.15. The highest BCUT2D eigenvalue weighted by Gasteiger charge is 2.25. The van der Waals surface area contributed by atoms with Crippen LogP contribution in [0, 0.1) is 0 Å². The molecule has 0 aliphatic heterocycles. The molecule has 0 aromatic carbocycles. The quantitative estimate of drug-likeness (QED) is 0.637. The van der Waals surface area contributed by atoms with Crippen molar-refractivity contribution in [2.45, 2.75) is 12.1 Å². The second kappa shape index (κ2) is 4.06. The lowest BCUT2D eigenvalue weighted by Crippen LogP contribution is -2.33. The first-order chi connectivity index (χ1) is 6.16. The zero-order valence-electron chi connectivity index (χ0n) is 7.14. The number of hydrogen-bond donors (Lipinski definition) is 2. The molecule has 1 aromatic rings. The van der Waals surface area contributed by atoms with E-state index in [1.165, 1.54) is 19.6 Å². The Morgan fingerprint density at radius 2 is 2.46 bits per heavy atom. The highest BCUT2D eigenvalue weighted by molar-refractivity contribution is 5.75. The first-order valence-electron chi connectivity index (χ1n) is 3.70. The van der Waals surface area contributed by atoms with Crippen molar-refractivity contribution >= 4 is 5.97 Å². The van der Waals surface area contributed by atoms with Gasteiger partial charge in [-0.25, -0.2) is 4.79 Å². The van der Waals surface area contributed by atoms with Gasteiger partial charge in [0.25, 0.3) is 0 Å². The van der Waals surface area contributed by atoms with E-state index in [1.807, 2.05) is 0 Å². The van der Waals surface area contributed by atoms with Crippen molar-refractivity contribution in [1.29, 1.82) is 0 Å². The number of esters is 1. The predicted molar refractivity (Wildman–Crippen MR) is 43.7 cm³/mol. The topological polar surface area (TPSA) is 85.7 Å². The molecule has 0 radical (unpaired) electrons. The SMILES string of the molecule is COC(=O)[C@H](O)[C@@H](N)c1ccoc1. The van der Waals surface area contributed by atoms with Crippen LogP contribution in [-0.2, 0) is 9.53 Å². The summed E-state index contributed by atoms with van der Waals surface area (Å²) in [6.07, 6.45) is 1.43. The summed E-state index contributed by atoms with van der Waals surface area (Å²) in [6, 6.07) is 0.766. The molecule has 0 aliphatic carbocycles. The van der Waals surface area contributed by atoms with Crippen LogP contribution in [0.2, 0.25) is 0 Å². The maximum absolute atomic E-state index is 10.9. The van der Waals surface area contributed by atoms with Crippen molar-refractivity contribution in [3.05, 3.63) is 24.2 Å². The summed E-state index contributed by atoms with van der Waals surface area (Å²) in [5.74, 6) is -0.756. The number of hydrogen-bond acceptors (Lipinski definition) is 5. The molecule has 0 spiro atoms. The standard InChI is InChI=1S/C8H11NO4/c1-12-8(11)7(10)6(9)5-2-3-13-4-5/h2-4,6-7,10H,9H2,1H3/t6-,7+/m0/s1. The summed E-state index contributed by atoms with van der Waals surface area (Å²) in [6.45, 7) is 0. The largest absolute Gasteiger partial charge is 0.472 e. The van der Waals surface area contributed by atoms with Crippen molar-refractivity contribution in [3.63, 3.8) is 0 Å². The van der Waals surface area contributed by atoms with E-state index >= 15 is 0 Å². The molecule has 1 heterocycles. The lowest BCUT2D eigenvalue weighted by Gasteiger charge is -2.14. The Morgan fingerprint density at radius 1 is 1.77 bits per heavy atom. The van der Waals surface area contributed by atoms with E-state index in [-0.39, 0.29) is 0 Å². The third kappa shape index (κ3) is 2.07. The number of methoxy groups -OCH3 is 1. The number of carbonyl (C=O) groups excluding carboxylic acids is 1. The van der Waals surface area contributed by atoms with Crippen LogP contribution in [0.1, 0.15) is 11.6 Å². The Bertz CT molecular complexity index is 270. The van der Waals surface area contributed by atoms with Gasteiger partial charge < -0.3 is 20.0 Å². The van der Waals surface area contributed by atoms with Crippen LogP contribution >= 0.6 is 0 Å². The average Bonchev–Trinajstić information content (AvgIpc) is 2.67. The summed E-state index contributed by atoms with van der Waals surface area (Å²) >= 11 is 0. The first kappa shape index (κ1) is 9.76. The fraction of sp³-hybridized carbons (Fsp3) is 0.375. The van der Waals surface area contributed by atoms with Crippen LogP contribution in [-0.4, -0.2) is 24.3 Å². The normalized spacial score (nSPS) is 15.0. The molecule has 1 rings (SSSR count). The maximum atomic E-state index is 10.9. The van der Waals surface area contributed by atoms with Gasteiger partial charge in [0.2, 0.25) is 0 Å². The molecule has 0 fully saturated rings. The average molecular weight is 185 g/mol. The minimum Gasteiger partial charge on any atom is -0.472 e. The van der Waals surface area contributed by atoms with Crippen LogP contribution in [0.25, 0.3) is 0 Å². The van der Waals surface area contributed by atoms with E-state index in [9.17, 15) is 9.90 Å². The van der Waals surface area contributed by atoms with Crippen LogP contribution in [0.4, 0.5) is 0 Å². The molecule has 3 N–H and O–H groups in total. The van der Waals surface area contributed by atoms with Gasteiger partial charge in [0.15, 0.2) is 6.10 Å². The molecule has 0 bridgehead atoms. The van der Waals surface area contributed by atoms with Gasteiger partial charge in [0.1, 0.15) is 0 Å². The van der Waals surface area contributed by atoms with Gasteiger partial charge >= 0.3 is 5.97 Å². The Hall–Kier alpha value is -1.33. The number of aliphatic hydroxyl groups excluding tert-OH is 1. The van der Waals surface area contributed by atoms with Crippen LogP contribution in [0.3, 0.4) is 0 Å². The Labute approximate surface area is 75.1 Å². The Morgan fingerprint density at radius 3 is 2.92 bits per heavy atom. The van der Waals surface area contributed by atoms with Crippen LogP contribution in [0.5, 0.6) is 0 Å². The molecule has 0 unspecified atom stereocenters. The third-order valence-corrected chi connectivity index (χ3v) is 1.71. The van der Waals surface area contributed by atoms with E-state index in [0.29, 0.717) is 5.56 Å². The van der Waals surface area contributed by atoms with Gasteiger partial charge in [-0.15, -0.1) is 0 Å². The van der Waals surface area contributed by atoms with Crippen molar-refractivity contribution < 1.29 is 19.1 Å². The molecular weight excluding hydrogens is 174 g/mol. The number of rotatable bonds is 3. The minimum atomic E-state index is -1.36. The maximum Gasteiger partial charge on any atom is 0.336 e. The van der Waals surface area contributed by atoms with Gasteiger partial charge in [-0.3, -0.25) is 0 Å². The summed E-state index contributed by atoms with van der Waals surface area (Å²) < 4.78 is 9.09. The number of ether oxygens (including phenoxy) is 1. The Balaban J connectivity index is 2.68. The first-order valence-corrected chi connectivity index (χ1v) is 3.70. The number of nitrogens with two attached hydrogens (primary N) is 1. The predicted octanol–water partition coefficient (Wildman–Crippen LogP) is -0.187. The van der Waals surface area contributed by atoms with E-state index in [4.69, 9.17) is 10.2 Å². The van der Waals surface area contributed by atoms with Gasteiger partial charge in [-0.05, 0) is 6.07 Å². The molecule has 72 valence electrons. The number of carbonyl (C=O) groups is 1. The summed E-state index contributed by atoms with van der Waals surface area (Å²) in [4.78, 5) is 10.9. The summed E-state index contributed by atoms with van der Waals surface area (Å²) in [5, 5.41) is 9.32. The van der Waals surface area contributed by atoms with E-state index in [0.717, 1.165) is 0 Å². The molecule has 0 aliphatic rings. The fourth-order valence-corrected chi connectivity index (χ4v) is 0.914. The van der Waals surface area contributed by atoms with Crippen LogP contribution in [0.15, 0.2) is 23.0 Å². The molecule has 1 aromatic heterocycles. The second-order valence-corrected chi connectivity index (χ2v) is 2.55. The van der Waals surface area contributed by atoms with Gasteiger partial charge in [0, 0.05) is 5.56 Å². The second-order valence-electron chi connectivity index (χ2n) is 2.55. The molecule has 5 heteroatoms. The molecular formula is C8H11NO4. The lowest BCUT2D eigenvalue weighted by molar-refractivity contribution is -0.151. The number of aliphatic hydroxyl groups is 1. The smallest absolute Gasteiger partial charge is 0.336 e.